The van der Waals surface area contributed by atoms with E-state index in [-0.39, 0.29) is 32.3 Å². The molecular weight excluding hydrogens is 550 g/mol. The zero-order valence-electron chi connectivity index (χ0n) is 23.6. The summed E-state index contributed by atoms with van der Waals surface area (Å²) in [4.78, 5) is 45.8. The highest BCUT2D eigenvalue weighted by Gasteiger charge is 2.72. The first-order chi connectivity index (χ1) is 21.0. The van der Waals surface area contributed by atoms with Gasteiger partial charge in [0.05, 0.1) is 36.8 Å². The number of para-hydroxylation sites is 1. The minimum absolute atomic E-state index is 0.0975. The SMILES string of the molecule is O=C1OCCC/C=C\[C@H]2O[C@]34C=CCN(Cn5nnc6ccccc65)C(=O)C3N([C@@H](CO)Cc3ccccc3)C(=O)[C@@H]4[C@@H]12. The molecule has 2 saturated heterocycles. The van der Waals surface area contributed by atoms with Gasteiger partial charge in [0.2, 0.25) is 5.91 Å². The van der Waals surface area contributed by atoms with Crippen molar-refractivity contribution in [1.29, 1.82) is 0 Å². The lowest BCUT2D eigenvalue weighted by molar-refractivity contribution is -0.156. The lowest BCUT2D eigenvalue weighted by atomic mass is 9.78. The number of carbonyl (C=O) groups excluding carboxylic acids is 3. The quantitative estimate of drug-likeness (QED) is 0.344. The number of likely N-dealkylation sites (tertiary alicyclic amines) is 1. The van der Waals surface area contributed by atoms with E-state index < -0.39 is 47.5 Å². The van der Waals surface area contributed by atoms with Crippen molar-refractivity contribution < 1.29 is 29.0 Å². The molecule has 0 radical (unpaired) electrons. The van der Waals surface area contributed by atoms with Crippen LogP contribution in [0.5, 0.6) is 0 Å². The number of carbonyl (C=O) groups is 3. The van der Waals surface area contributed by atoms with E-state index in [1.54, 1.807) is 15.7 Å². The second-order valence-electron chi connectivity index (χ2n) is 11.5. The molecule has 3 aromatic rings. The van der Waals surface area contributed by atoms with Gasteiger partial charge in [-0.05, 0) is 37.0 Å². The first-order valence-corrected chi connectivity index (χ1v) is 14.7. The Balaban J connectivity index is 1.31. The fraction of sp³-hybridized carbons (Fsp3) is 0.406. The maximum absolute atomic E-state index is 14.7. The van der Waals surface area contributed by atoms with Gasteiger partial charge in [0.15, 0.2) is 0 Å². The fourth-order valence-electron chi connectivity index (χ4n) is 7.08. The molecule has 43 heavy (non-hydrogen) atoms. The molecule has 2 aromatic carbocycles. The van der Waals surface area contributed by atoms with E-state index in [0.717, 1.165) is 11.1 Å². The van der Waals surface area contributed by atoms with Gasteiger partial charge in [0, 0.05) is 6.54 Å². The molecule has 2 amide bonds. The van der Waals surface area contributed by atoms with E-state index in [9.17, 15) is 19.5 Å². The lowest BCUT2D eigenvalue weighted by Crippen LogP contribution is -2.58. The van der Waals surface area contributed by atoms with Gasteiger partial charge in [-0.25, -0.2) is 4.68 Å². The van der Waals surface area contributed by atoms with Crippen LogP contribution in [0.1, 0.15) is 18.4 Å². The number of benzene rings is 2. The van der Waals surface area contributed by atoms with Crippen LogP contribution in [-0.4, -0.2) is 91.2 Å². The van der Waals surface area contributed by atoms with E-state index in [4.69, 9.17) is 9.47 Å². The molecule has 2 fully saturated rings. The van der Waals surface area contributed by atoms with Gasteiger partial charge in [-0.1, -0.05) is 72.0 Å². The summed E-state index contributed by atoms with van der Waals surface area (Å²) in [7, 11) is 0. The largest absolute Gasteiger partial charge is 0.465 e. The molecule has 1 unspecified atom stereocenters. The van der Waals surface area contributed by atoms with Gasteiger partial charge in [0.1, 0.15) is 29.7 Å². The second-order valence-corrected chi connectivity index (χ2v) is 11.5. The normalized spacial score (nSPS) is 30.1. The van der Waals surface area contributed by atoms with Crippen LogP contribution in [0, 0.1) is 11.8 Å². The van der Waals surface area contributed by atoms with E-state index in [0.29, 0.717) is 24.8 Å². The van der Waals surface area contributed by atoms with Crippen LogP contribution in [0.2, 0.25) is 0 Å². The third kappa shape index (κ3) is 4.54. The summed E-state index contributed by atoms with van der Waals surface area (Å²) in [5.41, 5.74) is 0.961. The summed E-state index contributed by atoms with van der Waals surface area (Å²) < 4.78 is 13.9. The molecule has 0 aliphatic carbocycles. The van der Waals surface area contributed by atoms with Crippen LogP contribution in [0.15, 0.2) is 78.9 Å². The van der Waals surface area contributed by atoms with Gasteiger partial charge in [-0.3, -0.25) is 14.4 Å². The monoisotopic (exact) mass is 583 g/mol. The summed E-state index contributed by atoms with van der Waals surface area (Å²) in [5, 5.41) is 19.2. The van der Waals surface area contributed by atoms with Crippen molar-refractivity contribution in [3.8, 4) is 0 Å². The number of hydrogen-bond donors (Lipinski definition) is 1. The molecule has 11 nitrogen and oxygen atoms in total. The van der Waals surface area contributed by atoms with Crippen LogP contribution < -0.4 is 0 Å². The van der Waals surface area contributed by atoms with Crippen molar-refractivity contribution in [2.45, 2.75) is 49.7 Å². The number of aliphatic hydroxyl groups is 1. The van der Waals surface area contributed by atoms with Crippen molar-refractivity contribution in [1.82, 2.24) is 24.8 Å². The number of aromatic nitrogens is 3. The van der Waals surface area contributed by atoms with Crippen LogP contribution >= 0.6 is 0 Å². The van der Waals surface area contributed by atoms with Gasteiger partial charge >= 0.3 is 5.97 Å². The summed E-state index contributed by atoms with van der Waals surface area (Å²) in [6, 6.07) is 15.2. The number of fused-ring (bicyclic) bond motifs is 3. The van der Waals surface area contributed by atoms with Gasteiger partial charge in [0.25, 0.3) is 5.91 Å². The minimum atomic E-state index is -1.42. The number of aliphatic hydroxyl groups excluding tert-OH is 1. The predicted octanol–water partition coefficient (Wildman–Crippen LogP) is 1.86. The Bertz CT molecular complexity index is 1600. The molecule has 4 aliphatic rings. The Morgan fingerprint density at radius 3 is 2.67 bits per heavy atom. The van der Waals surface area contributed by atoms with Crippen LogP contribution in [0.3, 0.4) is 0 Å². The molecule has 7 rings (SSSR count). The smallest absolute Gasteiger partial charge is 0.312 e. The second kappa shape index (κ2) is 11.1. The number of amides is 2. The average molecular weight is 584 g/mol. The third-order valence-corrected chi connectivity index (χ3v) is 9.02. The zero-order valence-corrected chi connectivity index (χ0v) is 23.6. The number of rotatable bonds is 6. The third-order valence-electron chi connectivity index (χ3n) is 9.02. The zero-order chi connectivity index (χ0) is 29.6. The van der Waals surface area contributed by atoms with Crippen LogP contribution in [0.25, 0.3) is 11.0 Å². The predicted molar refractivity (Wildman–Crippen MR) is 154 cm³/mol. The van der Waals surface area contributed by atoms with Crippen molar-refractivity contribution >= 4 is 28.8 Å². The molecule has 0 bridgehead atoms. The fourth-order valence-corrected chi connectivity index (χ4v) is 7.08. The van der Waals surface area contributed by atoms with Gasteiger partial charge in [-0.15, -0.1) is 5.10 Å². The number of cyclic esters (lactones) is 1. The average Bonchev–Trinajstić information content (AvgIpc) is 3.63. The molecule has 11 heteroatoms. The van der Waals surface area contributed by atoms with Crippen molar-refractivity contribution in [2.24, 2.45) is 11.8 Å². The maximum Gasteiger partial charge on any atom is 0.312 e. The highest BCUT2D eigenvalue weighted by Crippen LogP contribution is 2.53. The molecule has 4 aliphatic heterocycles. The summed E-state index contributed by atoms with van der Waals surface area (Å²) in [6.45, 7) is 0.208. The van der Waals surface area contributed by atoms with Crippen molar-refractivity contribution in [3.63, 3.8) is 0 Å². The topological polar surface area (TPSA) is 127 Å². The molecule has 0 saturated carbocycles. The minimum Gasteiger partial charge on any atom is -0.465 e. The van der Waals surface area contributed by atoms with E-state index >= 15 is 0 Å². The summed E-state index contributed by atoms with van der Waals surface area (Å²) in [5.74, 6) is -3.17. The number of nitrogens with zero attached hydrogens (tertiary/aromatic N) is 5. The number of allylic oxidation sites excluding steroid dienone is 1. The Labute approximate surface area is 248 Å². The Morgan fingerprint density at radius 2 is 1.84 bits per heavy atom. The maximum atomic E-state index is 14.7. The van der Waals surface area contributed by atoms with Crippen LogP contribution in [-0.2, 0) is 36.9 Å². The van der Waals surface area contributed by atoms with Crippen molar-refractivity contribution in [2.75, 3.05) is 19.8 Å². The number of ether oxygens (including phenoxy) is 2. The number of hydrogen-bond acceptors (Lipinski definition) is 8. The van der Waals surface area contributed by atoms with Gasteiger partial charge in [-0.2, -0.15) is 0 Å². The molecule has 6 atom stereocenters. The molecule has 1 aromatic heterocycles. The first-order valence-electron chi connectivity index (χ1n) is 14.7. The van der Waals surface area contributed by atoms with E-state index in [1.165, 1.54) is 4.90 Å². The van der Waals surface area contributed by atoms with Gasteiger partial charge < -0.3 is 24.4 Å². The molecular formula is C32H33N5O6. The van der Waals surface area contributed by atoms with E-state index in [2.05, 4.69) is 10.3 Å². The van der Waals surface area contributed by atoms with Crippen LogP contribution in [0.4, 0.5) is 0 Å². The first kappa shape index (κ1) is 27.5. The lowest BCUT2D eigenvalue weighted by Gasteiger charge is -2.38. The van der Waals surface area contributed by atoms with E-state index in [1.807, 2.05) is 72.8 Å². The standard InChI is InChI=1S/C32H33N5O6/c38-19-22(18-21-10-3-1-4-11-21)37-28-30(40)35(20-36-24-13-7-6-12-23(24)33-34-36)16-9-15-32(28)27(29(37)39)26-25(43-32)14-5-2-8-17-42-31(26)41/h1,3-7,9-15,22,25-28,38H,2,8,16-20H2/b14-5-/t22-,25-,26+,27+,28?,32+/m1/s1. The molecule has 222 valence electrons. The summed E-state index contributed by atoms with van der Waals surface area (Å²) >= 11 is 0. The molecule has 1 spiro atoms. The Hall–Kier alpha value is -4.35. The summed E-state index contributed by atoms with van der Waals surface area (Å²) in [6.07, 6.45) is 8.37. The van der Waals surface area contributed by atoms with Crippen molar-refractivity contribution in [3.05, 3.63) is 84.5 Å². The Morgan fingerprint density at radius 1 is 1.02 bits per heavy atom. The molecule has 5 heterocycles. The highest BCUT2D eigenvalue weighted by molar-refractivity contribution is 5.99. The molecule has 1 N–H and O–H groups in total. The Kier molecular flexibility index (Phi) is 7.06. The number of esters is 1. The highest BCUT2D eigenvalue weighted by atomic mass is 16.6.